The van der Waals surface area contributed by atoms with Gasteiger partial charge in [-0.1, -0.05) is 6.07 Å². The van der Waals surface area contributed by atoms with Crippen molar-refractivity contribution in [1.82, 2.24) is 19.5 Å². The van der Waals surface area contributed by atoms with Gasteiger partial charge in [0.05, 0.1) is 0 Å². The maximum atomic E-state index is 5.72. The van der Waals surface area contributed by atoms with Crippen molar-refractivity contribution in [2.75, 3.05) is 0 Å². The normalized spacial score (nSPS) is 11.1. The lowest BCUT2D eigenvalue weighted by atomic mass is 10.4. The molecule has 0 N–H and O–H groups in total. The number of imidazole rings is 1. The summed E-state index contributed by atoms with van der Waals surface area (Å²) in [5.41, 5.74) is 1.58. The molecule has 21 heavy (non-hydrogen) atoms. The third-order valence-corrected chi connectivity index (χ3v) is 3.26. The van der Waals surface area contributed by atoms with Crippen molar-refractivity contribution >= 4 is 11.2 Å². The van der Waals surface area contributed by atoms with Crippen LogP contribution >= 0.6 is 0 Å². The molecule has 0 spiro atoms. The number of aromatic nitrogens is 4. The zero-order valence-corrected chi connectivity index (χ0v) is 11.4. The fourth-order valence-corrected chi connectivity index (χ4v) is 2.34. The second-order valence-corrected chi connectivity index (χ2v) is 4.72. The average molecular weight is 276 g/mol. The van der Waals surface area contributed by atoms with E-state index < -0.39 is 0 Å². The summed E-state index contributed by atoms with van der Waals surface area (Å²) in [5.74, 6) is 3.02. The monoisotopic (exact) mass is 276 g/mol. The third-order valence-electron chi connectivity index (χ3n) is 3.26. The van der Waals surface area contributed by atoms with Crippen molar-refractivity contribution in [3.63, 3.8) is 0 Å². The van der Waals surface area contributed by atoms with Gasteiger partial charge in [-0.3, -0.25) is 4.57 Å². The molecule has 0 saturated carbocycles. The molecule has 0 atom stereocenters. The number of hydrogen-bond acceptors (Lipinski definition) is 4. The van der Waals surface area contributed by atoms with Crippen LogP contribution < -0.4 is 0 Å². The molecule has 0 unspecified atom stereocenters. The fraction of sp³-hybridized carbons (Fsp3) is 0.0625. The van der Waals surface area contributed by atoms with E-state index in [2.05, 4.69) is 15.0 Å². The van der Waals surface area contributed by atoms with Crippen molar-refractivity contribution < 1.29 is 4.42 Å². The molecule has 0 fully saturated rings. The molecule has 4 aromatic heterocycles. The molecule has 0 aromatic carbocycles. The van der Waals surface area contributed by atoms with Crippen molar-refractivity contribution in [3.8, 4) is 17.4 Å². The summed E-state index contributed by atoms with van der Waals surface area (Å²) in [5, 5.41) is 0. The first kappa shape index (κ1) is 11.8. The molecular formula is C16H12N4O. The van der Waals surface area contributed by atoms with E-state index in [1.54, 1.807) is 12.4 Å². The number of hydrogen-bond donors (Lipinski definition) is 0. The van der Waals surface area contributed by atoms with Crippen molar-refractivity contribution in [2.45, 2.75) is 6.92 Å². The van der Waals surface area contributed by atoms with Crippen LogP contribution in [0.2, 0.25) is 0 Å². The highest BCUT2D eigenvalue weighted by Crippen LogP contribution is 2.27. The molecule has 0 aliphatic rings. The van der Waals surface area contributed by atoms with E-state index >= 15 is 0 Å². The van der Waals surface area contributed by atoms with Crippen LogP contribution in [0.3, 0.4) is 0 Å². The van der Waals surface area contributed by atoms with Crippen LogP contribution in [-0.4, -0.2) is 19.5 Å². The van der Waals surface area contributed by atoms with Gasteiger partial charge in [0, 0.05) is 12.4 Å². The quantitative estimate of drug-likeness (QED) is 0.563. The fourth-order valence-electron chi connectivity index (χ4n) is 2.34. The molecule has 4 heterocycles. The summed E-state index contributed by atoms with van der Waals surface area (Å²) in [7, 11) is 0. The highest BCUT2D eigenvalue weighted by atomic mass is 16.3. The molecule has 4 aromatic rings. The first-order chi connectivity index (χ1) is 10.3. The minimum atomic E-state index is 0.704. The zero-order chi connectivity index (χ0) is 14.2. The van der Waals surface area contributed by atoms with E-state index in [0.717, 1.165) is 22.7 Å². The maximum Gasteiger partial charge on any atom is 0.184 e. The van der Waals surface area contributed by atoms with Crippen LogP contribution in [0.25, 0.3) is 28.6 Å². The SMILES string of the molecule is Cc1ccc(-c2nc3cccnc3n2-c2ccccn2)o1. The first-order valence-electron chi connectivity index (χ1n) is 6.64. The topological polar surface area (TPSA) is 56.7 Å². The third kappa shape index (κ3) is 1.90. The summed E-state index contributed by atoms with van der Waals surface area (Å²) in [4.78, 5) is 13.5. The Hall–Kier alpha value is -2.95. The van der Waals surface area contributed by atoms with Crippen LogP contribution in [0.4, 0.5) is 0 Å². The van der Waals surface area contributed by atoms with Gasteiger partial charge in [-0.2, -0.15) is 0 Å². The molecule has 4 rings (SSSR count). The summed E-state index contributed by atoms with van der Waals surface area (Å²) in [6, 6.07) is 13.4. The van der Waals surface area contributed by atoms with Gasteiger partial charge in [0.15, 0.2) is 17.2 Å². The Balaban J connectivity index is 2.06. The average Bonchev–Trinajstić information content (AvgIpc) is 3.11. The Morgan fingerprint density at radius 3 is 2.62 bits per heavy atom. The lowest BCUT2D eigenvalue weighted by molar-refractivity contribution is 0.543. The Labute approximate surface area is 120 Å². The van der Waals surface area contributed by atoms with Crippen molar-refractivity contribution in [3.05, 3.63) is 60.6 Å². The standard InChI is InChI=1S/C16H12N4O/c1-11-7-8-13(21-11)16-19-12-5-4-10-18-15(12)20(16)14-6-2-3-9-17-14/h2-10H,1H3. The Bertz CT molecular complexity index is 908. The number of fused-ring (bicyclic) bond motifs is 1. The summed E-state index contributed by atoms with van der Waals surface area (Å²) < 4.78 is 7.63. The van der Waals surface area contributed by atoms with Crippen molar-refractivity contribution in [2.24, 2.45) is 0 Å². The molecular weight excluding hydrogens is 264 g/mol. The van der Waals surface area contributed by atoms with Gasteiger partial charge in [0.2, 0.25) is 0 Å². The van der Waals surface area contributed by atoms with E-state index in [1.165, 1.54) is 0 Å². The minimum absolute atomic E-state index is 0.704. The molecule has 0 saturated heterocycles. The molecule has 0 aliphatic carbocycles. The van der Waals surface area contributed by atoms with Crippen LogP contribution in [0.5, 0.6) is 0 Å². The Morgan fingerprint density at radius 1 is 0.952 bits per heavy atom. The predicted molar refractivity (Wildman–Crippen MR) is 79.1 cm³/mol. The van der Waals surface area contributed by atoms with Crippen LogP contribution in [0.15, 0.2) is 59.3 Å². The second kappa shape index (κ2) is 4.56. The predicted octanol–water partition coefficient (Wildman–Crippen LogP) is 3.38. The van der Waals surface area contributed by atoms with E-state index in [4.69, 9.17) is 4.42 Å². The number of rotatable bonds is 2. The van der Waals surface area contributed by atoms with Gasteiger partial charge in [-0.25, -0.2) is 15.0 Å². The Kier molecular flexibility index (Phi) is 2.57. The second-order valence-electron chi connectivity index (χ2n) is 4.72. The van der Waals surface area contributed by atoms with E-state index in [9.17, 15) is 0 Å². The summed E-state index contributed by atoms with van der Waals surface area (Å²) in [6.07, 6.45) is 3.50. The summed E-state index contributed by atoms with van der Waals surface area (Å²) in [6.45, 7) is 1.91. The maximum absolute atomic E-state index is 5.72. The van der Waals surface area contributed by atoms with E-state index in [1.807, 2.05) is 54.0 Å². The largest absolute Gasteiger partial charge is 0.458 e. The molecule has 0 bridgehead atoms. The van der Waals surface area contributed by atoms with E-state index in [-0.39, 0.29) is 0 Å². The molecule has 5 heteroatoms. The van der Waals surface area contributed by atoms with Gasteiger partial charge in [-0.15, -0.1) is 0 Å². The molecule has 102 valence electrons. The molecule has 5 nitrogen and oxygen atoms in total. The van der Waals surface area contributed by atoms with Crippen LogP contribution in [-0.2, 0) is 0 Å². The molecule has 0 amide bonds. The van der Waals surface area contributed by atoms with Gasteiger partial charge in [-0.05, 0) is 43.3 Å². The lowest BCUT2D eigenvalue weighted by Crippen LogP contribution is -2.00. The number of pyridine rings is 2. The Morgan fingerprint density at radius 2 is 1.86 bits per heavy atom. The smallest absolute Gasteiger partial charge is 0.184 e. The van der Waals surface area contributed by atoms with Gasteiger partial charge in [0.1, 0.15) is 17.1 Å². The van der Waals surface area contributed by atoms with E-state index in [0.29, 0.717) is 11.6 Å². The zero-order valence-electron chi connectivity index (χ0n) is 11.4. The molecule has 0 radical (unpaired) electrons. The lowest BCUT2D eigenvalue weighted by Gasteiger charge is -2.05. The van der Waals surface area contributed by atoms with Crippen molar-refractivity contribution in [1.29, 1.82) is 0 Å². The van der Waals surface area contributed by atoms with Gasteiger partial charge < -0.3 is 4.42 Å². The highest BCUT2D eigenvalue weighted by Gasteiger charge is 2.17. The number of aryl methyl sites for hydroxylation is 1. The summed E-state index contributed by atoms with van der Waals surface area (Å²) >= 11 is 0. The number of nitrogens with zero attached hydrogens (tertiary/aromatic N) is 4. The minimum Gasteiger partial charge on any atom is -0.458 e. The highest BCUT2D eigenvalue weighted by molar-refractivity contribution is 5.78. The van der Waals surface area contributed by atoms with Gasteiger partial charge in [0.25, 0.3) is 0 Å². The molecule has 0 aliphatic heterocycles. The van der Waals surface area contributed by atoms with Gasteiger partial charge >= 0.3 is 0 Å². The van der Waals surface area contributed by atoms with Crippen LogP contribution in [0.1, 0.15) is 5.76 Å². The number of furan rings is 1. The van der Waals surface area contributed by atoms with Crippen LogP contribution in [0, 0.1) is 6.92 Å². The first-order valence-corrected chi connectivity index (χ1v) is 6.64.